The quantitative estimate of drug-likeness (QED) is 0.656. The van der Waals surface area contributed by atoms with E-state index in [-0.39, 0.29) is 0 Å². The summed E-state index contributed by atoms with van der Waals surface area (Å²) >= 11 is 3.56. The van der Waals surface area contributed by atoms with Gasteiger partial charge in [-0.3, -0.25) is 0 Å². The number of halogens is 1. The average Bonchev–Trinajstić information content (AvgIpc) is 2.38. The second-order valence-electron chi connectivity index (χ2n) is 4.90. The summed E-state index contributed by atoms with van der Waals surface area (Å²) in [6, 6.07) is 4.27. The summed E-state index contributed by atoms with van der Waals surface area (Å²) in [6.07, 6.45) is 4.97. The zero-order valence-electron chi connectivity index (χ0n) is 12.4. The lowest BCUT2D eigenvalue weighted by Crippen LogP contribution is -2.13. The van der Waals surface area contributed by atoms with Gasteiger partial charge >= 0.3 is 0 Å². The van der Waals surface area contributed by atoms with Crippen LogP contribution in [-0.2, 0) is 6.54 Å². The van der Waals surface area contributed by atoms with Gasteiger partial charge < -0.3 is 10.1 Å². The van der Waals surface area contributed by atoms with Crippen molar-refractivity contribution in [3.8, 4) is 5.75 Å². The molecule has 0 atom stereocenters. The van der Waals surface area contributed by atoms with Gasteiger partial charge in [-0.2, -0.15) is 0 Å². The summed E-state index contributed by atoms with van der Waals surface area (Å²) in [5.41, 5.74) is 2.45. The Balaban J connectivity index is 2.63. The first-order valence-electron chi connectivity index (χ1n) is 7.31. The van der Waals surface area contributed by atoms with Gasteiger partial charge in [0.15, 0.2) is 0 Å². The van der Waals surface area contributed by atoms with Crippen molar-refractivity contribution in [3.05, 3.63) is 27.7 Å². The molecule has 0 aliphatic heterocycles. The van der Waals surface area contributed by atoms with Crippen molar-refractivity contribution in [1.82, 2.24) is 5.32 Å². The molecule has 0 aliphatic carbocycles. The monoisotopic (exact) mass is 327 g/mol. The van der Waals surface area contributed by atoms with E-state index in [9.17, 15) is 0 Å². The third-order valence-electron chi connectivity index (χ3n) is 3.13. The summed E-state index contributed by atoms with van der Waals surface area (Å²) < 4.78 is 7.13. The highest BCUT2D eigenvalue weighted by Gasteiger charge is 2.08. The Hall–Kier alpha value is -0.540. The number of ether oxygens (including phenoxy) is 1. The van der Waals surface area contributed by atoms with E-state index in [0.29, 0.717) is 0 Å². The van der Waals surface area contributed by atoms with Crippen molar-refractivity contribution >= 4 is 15.9 Å². The van der Waals surface area contributed by atoms with Gasteiger partial charge in [0, 0.05) is 16.6 Å². The SMILES string of the molecule is CCCCCCOc1c(C)cc(Br)cc1CNCC. The fourth-order valence-electron chi connectivity index (χ4n) is 2.10. The topological polar surface area (TPSA) is 21.3 Å². The van der Waals surface area contributed by atoms with Crippen LogP contribution in [0, 0.1) is 6.92 Å². The van der Waals surface area contributed by atoms with Crippen LogP contribution in [0.4, 0.5) is 0 Å². The van der Waals surface area contributed by atoms with Gasteiger partial charge in [0.25, 0.3) is 0 Å². The fraction of sp³-hybridized carbons (Fsp3) is 0.625. The second-order valence-corrected chi connectivity index (χ2v) is 5.82. The Bertz CT molecular complexity index is 379. The smallest absolute Gasteiger partial charge is 0.126 e. The molecule has 0 bridgehead atoms. The summed E-state index contributed by atoms with van der Waals surface area (Å²) in [4.78, 5) is 0. The molecule has 1 aromatic carbocycles. The van der Waals surface area contributed by atoms with Crippen molar-refractivity contribution in [2.45, 2.75) is 53.0 Å². The predicted molar refractivity (Wildman–Crippen MR) is 85.9 cm³/mol. The Kier molecular flexibility index (Phi) is 8.15. The maximum atomic E-state index is 6.01. The van der Waals surface area contributed by atoms with Gasteiger partial charge in [-0.05, 0) is 37.6 Å². The largest absolute Gasteiger partial charge is 0.493 e. The molecule has 0 aromatic heterocycles. The lowest BCUT2D eigenvalue weighted by molar-refractivity contribution is 0.299. The van der Waals surface area contributed by atoms with Crippen LogP contribution < -0.4 is 10.1 Å². The molecule has 0 fully saturated rings. The van der Waals surface area contributed by atoms with E-state index in [1.165, 1.54) is 30.4 Å². The van der Waals surface area contributed by atoms with Crippen LogP contribution in [-0.4, -0.2) is 13.2 Å². The summed E-state index contributed by atoms with van der Waals surface area (Å²) in [6.45, 7) is 9.12. The molecular formula is C16H26BrNO. The van der Waals surface area contributed by atoms with E-state index in [4.69, 9.17) is 4.74 Å². The zero-order valence-corrected chi connectivity index (χ0v) is 14.0. The zero-order chi connectivity index (χ0) is 14.1. The summed E-state index contributed by atoms with van der Waals surface area (Å²) in [5, 5.41) is 3.37. The van der Waals surface area contributed by atoms with Crippen LogP contribution >= 0.6 is 15.9 Å². The molecule has 0 amide bonds. The van der Waals surface area contributed by atoms with Gasteiger partial charge in [0.1, 0.15) is 5.75 Å². The lowest BCUT2D eigenvalue weighted by atomic mass is 10.1. The van der Waals surface area contributed by atoms with Crippen molar-refractivity contribution in [1.29, 1.82) is 0 Å². The van der Waals surface area contributed by atoms with Crippen LogP contribution in [0.2, 0.25) is 0 Å². The van der Waals surface area contributed by atoms with E-state index in [0.717, 1.165) is 36.3 Å². The summed E-state index contributed by atoms with van der Waals surface area (Å²) in [5.74, 6) is 1.06. The van der Waals surface area contributed by atoms with E-state index < -0.39 is 0 Å². The molecule has 1 aromatic rings. The summed E-state index contributed by atoms with van der Waals surface area (Å²) in [7, 11) is 0. The highest BCUT2D eigenvalue weighted by atomic mass is 79.9. The second kappa shape index (κ2) is 9.38. The number of hydrogen-bond donors (Lipinski definition) is 1. The Morgan fingerprint density at radius 1 is 1.16 bits per heavy atom. The number of benzene rings is 1. The third-order valence-corrected chi connectivity index (χ3v) is 3.58. The molecule has 0 unspecified atom stereocenters. The number of rotatable bonds is 9. The Morgan fingerprint density at radius 3 is 2.63 bits per heavy atom. The minimum Gasteiger partial charge on any atom is -0.493 e. The maximum absolute atomic E-state index is 6.01. The van der Waals surface area contributed by atoms with Crippen molar-refractivity contribution in [2.75, 3.05) is 13.2 Å². The molecule has 0 radical (unpaired) electrons. The minimum absolute atomic E-state index is 0.821. The molecule has 19 heavy (non-hydrogen) atoms. The van der Waals surface area contributed by atoms with E-state index in [1.807, 2.05) is 0 Å². The molecule has 0 heterocycles. The number of aryl methyl sites for hydroxylation is 1. The fourth-order valence-corrected chi connectivity index (χ4v) is 2.72. The Labute approximate surface area is 126 Å². The minimum atomic E-state index is 0.821. The number of unbranched alkanes of at least 4 members (excludes halogenated alkanes) is 3. The van der Waals surface area contributed by atoms with Gasteiger partial charge in [0.05, 0.1) is 6.61 Å². The van der Waals surface area contributed by atoms with Crippen molar-refractivity contribution in [3.63, 3.8) is 0 Å². The predicted octanol–water partition coefficient (Wildman–Crippen LogP) is 4.83. The van der Waals surface area contributed by atoms with Gasteiger partial charge in [-0.1, -0.05) is 49.0 Å². The van der Waals surface area contributed by atoms with Crippen LogP contribution in [0.15, 0.2) is 16.6 Å². The van der Waals surface area contributed by atoms with Crippen LogP contribution in [0.3, 0.4) is 0 Å². The van der Waals surface area contributed by atoms with Crippen molar-refractivity contribution < 1.29 is 4.74 Å². The highest BCUT2D eigenvalue weighted by molar-refractivity contribution is 9.10. The number of hydrogen-bond acceptors (Lipinski definition) is 2. The standard InChI is InChI=1S/C16H26BrNO/c1-4-6-7-8-9-19-16-13(3)10-15(17)11-14(16)12-18-5-2/h10-11,18H,4-9,12H2,1-3H3. The molecule has 0 saturated carbocycles. The molecule has 3 heteroatoms. The lowest BCUT2D eigenvalue weighted by Gasteiger charge is -2.15. The molecule has 2 nitrogen and oxygen atoms in total. The molecular weight excluding hydrogens is 302 g/mol. The molecule has 1 N–H and O–H groups in total. The molecule has 0 spiro atoms. The van der Waals surface area contributed by atoms with Crippen molar-refractivity contribution in [2.24, 2.45) is 0 Å². The average molecular weight is 328 g/mol. The van der Waals surface area contributed by atoms with Gasteiger partial charge in [-0.15, -0.1) is 0 Å². The van der Waals surface area contributed by atoms with E-state index in [1.54, 1.807) is 0 Å². The first-order chi connectivity index (χ1) is 9.19. The highest BCUT2D eigenvalue weighted by Crippen LogP contribution is 2.28. The molecule has 0 saturated heterocycles. The van der Waals surface area contributed by atoms with Crippen LogP contribution in [0.5, 0.6) is 5.75 Å². The molecule has 1 rings (SSSR count). The number of nitrogens with one attached hydrogen (secondary N) is 1. The van der Waals surface area contributed by atoms with Crippen LogP contribution in [0.1, 0.15) is 50.7 Å². The first kappa shape index (κ1) is 16.5. The Morgan fingerprint density at radius 2 is 1.95 bits per heavy atom. The molecule has 0 aliphatic rings. The van der Waals surface area contributed by atoms with E-state index in [2.05, 4.69) is 54.2 Å². The maximum Gasteiger partial charge on any atom is 0.126 e. The normalized spacial score (nSPS) is 10.7. The van der Waals surface area contributed by atoms with E-state index >= 15 is 0 Å². The van der Waals surface area contributed by atoms with Gasteiger partial charge in [0.2, 0.25) is 0 Å². The molecule has 108 valence electrons. The third kappa shape index (κ3) is 5.96. The van der Waals surface area contributed by atoms with Crippen LogP contribution in [0.25, 0.3) is 0 Å². The first-order valence-corrected chi connectivity index (χ1v) is 8.10. The van der Waals surface area contributed by atoms with Gasteiger partial charge in [-0.25, -0.2) is 0 Å².